The van der Waals surface area contributed by atoms with Crippen LogP contribution in [0.4, 0.5) is 0 Å². The average molecular weight is 245 g/mol. The highest BCUT2D eigenvalue weighted by Gasteiger charge is 2.18. The highest BCUT2D eigenvalue weighted by molar-refractivity contribution is 5.84. The number of nitriles is 1. The minimum atomic E-state index is 0.203. The first-order valence-corrected chi connectivity index (χ1v) is 5.98. The molecule has 5 heteroatoms. The van der Waals surface area contributed by atoms with Gasteiger partial charge in [0.25, 0.3) is 0 Å². The Morgan fingerprint density at radius 3 is 2.94 bits per heavy atom. The van der Waals surface area contributed by atoms with E-state index in [0.717, 1.165) is 37.0 Å². The van der Waals surface area contributed by atoms with E-state index in [0.29, 0.717) is 12.3 Å². The van der Waals surface area contributed by atoms with E-state index in [2.05, 4.69) is 10.1 Å². The summed E-state index contributed by atoms with van der Waals surface area (Å²) in [6, 6.07) is 5.60. The summed E-state index contributed by atoms with van der Waals surface area (Å²) in [6.07, 6.45) is 5.18. The monoisotopic (exact) mass is 245 g/mol. The first-order chi connectivity index (χ1) is 8.81. The molecule has 0 atom stereocenters. The highest BCUT2D eigenvalue weighted by Crippen LogP contribution is 2.20. The highest BCUT2D eigenvalue weighted by atomic mass is 16.5. The van der Waals surface area contributed by atoms with Gasteiger partial charge in [-0.15, -0.1) is 0 Å². The predicted octanol–water partition coefficient (Wildman–Crippen LogP) is 2.24. The van der Waals surface area contributed by atoms with E-state index in [1.165, 1.54) is 0 Å². The Morgan fingerprint density at radius 1 is 1.50 bits per heavy atom. The van der Waals surface area contributed by atoms with Crippen molar-refractivity contribution in [1.82, 2.24) is 4.98 Å². The van der Waals surface area contributed by atoms with Crippen LogP contribution < -0.4 is 0 Å². The Hall–Kier alpha value is -1.93. The Morgan fingerprint density at radius 2 is 2.28 bits per heavy atom. The fourth-order valence-corrected chi connectivity index (χ4v) is 2.03. The maximum Gasteiger partial charge on any atom is 0.140 e. The lowest BCUT2D eigenvalue weighted by Crippen LogP contribution is -2.21. The predicted molar refractivity (Wildman–Crippen MR) is 65.2 cm³/mol. The molecule has 94 valence electrons. The Bertz CT molecular complexity index is 469. The number of nitrogens with zero attached hydrogens (tertiary/aromatic N) is 3. The van der Waals surface area contributed by atoms with Gasteiger partial charge in [-0.3, -0.25) is 0 Å². The zero-order valence-corrected chi connectivity index (χ0v) is 10.0. The molecule has 0 aliphatic heterocycles. The van der Waals surface area contributed by atoms with Crippen LogP contribution in [0.2, 0.25) is 0 Å². The summed E-state index contributed by atoms with van der Waals surface area (Å²) >= 11 is 0. The van der Waals surface area contributed by atoms with E-state index in [9.17, 15) is 0 Å². The van der Waals surface area contributed by atoms with Crippen LogP contribution >= 0.6 is 0 Å². The molecule has 0 bridgehead atoms. The van der Waals surface area contributed by atoms with Gasteiger partial charge in [0.1, 0.15) is 11.8 Å². The van der Waals surface area contributed by atoms with Crippen LogP contribution in [0.5, 0.6) is 0 Å². The van der Waals surface area contributed by atoms with E-state index < -0.39 is 0 Å². The van der Waals surface area contributed by atoms with Crippen LogP contribution in [0.3, 0.4) is 0 Å². The summed E-state index contributed by atoms with van der Waals surface area (Å²) in [5.74, 6) is 0. The third-order valence-electron chi connectivity index (χ3n) is 3.08. The van der Waals surface area contributed by atoms with E-state index in [4.69, 9.17) is 15.2 Å². The SMILES string of the molecule is N#Cc1cc(COC2CCC(=NO)CC2)ccn1. The third-order valence-corrected chi connectivity index (χ3v) is 3.08. The molecule has 2 rings (SSSR count). The number of hydrogen-bond donors (Lipinski definition) is 1. The van der Waals surface area contributed by atoms with Gasteiger partial charge >= 0.3 is 0 Å². The van der Waals surface area contributed by atoms with Crippen LogP contribution in [-0.4, -0.2) is 22.0 Å². The van der Waals surface area contributed by atoms with Crippen LogP contribution in [0, 0.1) is 11.3 Å². The Labute approximate surface area is 106 Å². The van der Waals surface area contributed by atoms with Crippen LogP contribution in [0.15, 0.2) is 23.5 Å². The molecule has 5 nitrogen and oxygen atoms in total. The molecular weight excluding hydrogens is 230 g/mol. The lowest BCUT2D eigenvalue weighted by atomic mass is 9.96. The number of hydrogen-bond acceptors (Lipinski definition) is 5. The molecule has 0 aromatic carbocycles. The van der Waals surface area contributed by atoms with Crippen LogP contribution in [-0.2, 0) is 11.3 Å². The minimum absolute atomic E-state index is 0.203. The molecular formula is C13H15N3O2. The average Bonchev–Trinajstić information content (AvgIpc) is 2.46. The molecule has 18 heavy (non-hydrogen) atoms. The van der Waals surface area contributed by atoms with Gasteiger partial charge < -0.3 is 9.94 Å². The molecule has 1 aromatic rings. The maximum absolute atomic E-state index is 8.75. The number of oxime groups is 1. The summed E-state index contributed by atoms with van der Waals surface area (Å²) in [6.45, 7) is 0.494. The Kier molecular flexibility index (Phi) is 4.26. The molecule has 1 aliphatic carbocycles. The molecule has 0 saturated heterocycles. The zero-order chi connectivity index (χ0) is 12.8. The molecule has 1 N–H and O–H groups in total. The van der Waals surface area contributed by atoms with Crippen molar-refractivity contribution < 1.29 is 9.94 Å². The van der Waals surface area contributed by atoms with Gasteiger partial charge in [0.05, 0.1) is 18.4 Å². The van der Waals surface area contributed by atoms with Gasteiger partial charge in [0, 0.05) is 6.20 Å². The first-order valence-electron chi connectivity index (χ1n) is 5.98. The smallest absolute Gasteiger partial charge is 0.140 e. The second-order valence-corrected chi connectivity index (χ2v) is 4.34. The van der Waals surface area contributed by atoms with Crippen LogP contribution in [0.25, 0.3) is 0 Å². The number of ether oxygens (including phenoxy) is 1. The van der Waals surface area contributed by atoms with Crippen LogP contribution in [0.1, 0.15) is 36.9 Å². The van der Waals surface area contributed by atoms with Gasteiger partial charge in [-0.1, -0.05) is 5.16 Å². The quantitative estimate of drug-likeness (QED) is 0.654. The molecule has 0 spiro atoms. The molecule has 0 radical (unpaired) electrons. The summed E-state index contributed by atoms with van der Waals surface area (Å²) in [5.41, 5.74) is 2.23. The zero-order valence-electron chi connectivity index (χ0n) is 10.0. The van der Waals surface area contributed by atoms with Gasteiger partial charge in [0.15, 0.2) is 0 Å². The molecule has 1 aliphatic rings. The van der Waals surface area contributed by atoms with Gasteiger partial charge in [-0.25, -0.2) is 4.98 Å². The second kappa shape index (κ2) is 6.12. The van der Waals surface area contributed by atoms with Crippen molar-refractivity contribution in [1.29, 1.82) is 5.26 Å². The van der Waals surface area contributed by atoms with Gasteiger partial charge in [-0.2, -0.15) is 5.26 Å². The first kappa shape index (κ1) is 12.5. The van der Waals surface area contributed by atoms with Crippen molar-refractivity contribution >= 4 is 5.71 Å². The number of pyridine rings is 1. The second-order valence-electron chi connectivity index (χ2n) is 4.34. The van der Waals surface area contributed by atoms with E-state index >= 15 is 0 Å². The molecule has 1 fully saturated rings. The molecule has 1 aromatic heterocycles. The van der Waals surface area contributed by atoms with Gasteiger partial charge in [-0.05, 0) is 43.4 Å². The molecule has 0 amide bonds. The minimum Gasteiger partial charge on any atom is -0.411 e. The summed E-state index contributed by atoms with van der Waals surface area (Å²) in [7, 11) is 0. The third kappa shape index (κ3) is 3.28. The molecule has 0 unspecified atom stereocenters. The van der Waals surface area contributed by atoms with Crippen molar-refractivity contribution in [3.8, 4) is 6.07 Å². The normalized spacial score (nSPS) is 19.3. The van der Waals surface area contributed by atoms with Crippen molar-refractivity contribution in [2.75, 3.05) is 0 Å². The fraction of sp³-hybridized carbons (Fsp3) is 0.462. The van der Waals surface area contributed by atoms with Crippen molar-refractivity contribution in [3.05, 3.63) is 29.6 Å². The topological polar surface area (TPSA) is 78.5 Å². The van der Waals surface area contributed by atoms with E-state index in [1.807, 2.05) is 12.1 Å². The summed E-state index contributed by atoms with van der Waals surface area (Å²) in [4.78, 5) is 3.91. The van der Waals surface area contributed by atoms with E-state index in [1.54, 1.807) is 12.3 Å². The van der Waals surface area contributed by atoms with E-state index in [-0.39, 0.29) is 6.10 Å². The molecule has 1 saturated carbocycles. The standard InChI is InChI=1S/C13H15N3O2/c14-8-12-7-10(5-6-15-12)9-18-13-3-1-11(16-17)2-4-13/h5-7,13,17H,1-4,9H2. The molecule has 1 heterocycles. The Balaban J connectivity index is 1.83. The fourth-order valence-electron chi connectivity index (χ4n) is 2.03. The summed E-state index contributed by atoms with van der Waals surface area (Å²) < 4.78 is 5.79. The maximum atomic E-state index is 8.75. The summed E-state index contributed by atoms with van der Waals surface area (Å²) in [5, 5.41) is 20.6. The largest absolute Gasteiger partial charge is 0.411 e. The van der Waals surface area contributed by atoms with Crippen molar-refractivity contribution in [2.24, 2.45) is 5.16 Å². The van der Waals surface area contributed by atoms with Crippen molar-refractivity contribution in [3.63, 3.8) is 0 Å². The number of rotatable bonds is 3. The van der Waals surface area contributed by atoms with Gasteiger partial charge in [0.2, 0.25) is 0 Å². The van der Waals surface area contributed by atoms with Crippen molar-refractivity contribution in [2.45, 2.75) is 38.4 Å². The lowest BCUT2D eigenvalue weighted by Gasteiger charge is -2.22. The lowest BCUT2D eigenvalue weighted by molar-refractivity contribution is 0.0277. The number of aromatic nitrogens is 1.